The van der Waals surface area contributed by atoms with Gasteiger partial charge in [-0.1, -0.05) is 12.1 Å². The lowest BCUT2D eigenvalue weighted by Crippen LogP contribution is -2.06. The molecular weight excluding hydrogens is 236 g/mol. The first kappa shape index (κ1) is 13.4. The average molecular weight is 256 g/mol. The van der Waals surface area contributed by atoms with Crippen LogP contribution < -0.4 is 10.1 Å². The molecule has 2 rings (SSSR count). The Morgan fingerprint density at radius 3 is 2.53 bits per heavy atom. The monoisotopic (exact) mass is 256 g/mol. The summed E-state index contributed by atoms with van der Waals surface area (Å²) in [5.74, 6) is 0.913. The molecule has 0 saturated carbocycles. The van der Waals surface area contributed by atoms with Crippen LogP contribution in [0, 0.1) is 6.92 Å². The summed E-state index contributed by atoms with van der Waals surface area (Å²) >= 11 is 0. The predicted octanol–water partition coefficient (Wildman–Crippen LogP) is 3.79. The molecule has 1 N–H and O–H groups in total. The van der Waals surface area contributed by atoms with Crippen LogP contribution >= 0.6 is 0 Å². The maximum Gasteiger partial charge on any atom is 0.119 e. The van der Waals surface area contributed by atoms with Crippen molar-refractivity contribution in [2.45, 2.75) is 33.4 Å². The smallest absolute Gasteiger partial charge is 0.119 e. The van der Waals surface area contributed by atoms with E-state index in [2.05, 4.69) is 22.4 Å². The molecule has 0 aliphatic heterocycles. The molecule has 0 aliphatic carbocycles. The maximum absolute atomic E-state index is 5.62. The Kier molecular flexibility index (Phi) is 4.39. The van der Waals surface area contributed by atoms with Gasteiger partial charge in [0.15, 0.2) is 0 Å². The number of nitrogens with one attached hydrogen (secondary N) is 1. The van der Waals surface area contributed by atoms with Crippen LogP contribution in [0.5, 0.6) is 5.75 Å². The lowest BCUT2D eigenvalue weighted by molar-refractivity contribution is 0.242. The molecule has 1 heterocycles. The van der Waals surface area contributed by atoms with Crippen LogP contribution in [-0.4, -0.2) is 11.1 Å². The zero-order valence-electron chi connectivity index (χ0n) is 11.7. The predicted molar refractivity (Wildman–Crippen MR) is 78.5 cm³/mol. The van der Waals surface area contributed by atoms with Gasteiger partial charge in [-0.05, 0) is 50.6 Å². The van der Waals surface area contributed by atoms with E-state index in [0.29, 0.717) is 0 Å². The van der Waals surface area contributed by atoms with Crippen molar-refractivity contribution in [3.8, 4) is 5.75 Å². The molecule has 1 aromatic heterocycles. The molecule has 3 heteroatoms. The second-order valence-corrected chi connectivity index (χ2v) is 4.80. The minimum atomic E-state index is 0.210. The summed E-state index contributed by atoms with van der Waals surface area (Å²) in [4.78, 5) is 4.26. The number of nitrogens with zero attached hydrogens (tertiary/aromatic N) is 1. The van der Waals surface area contributed by atoms with Crippen molar-refractivity contribution in [3.05, 3.63) is 53.9 Å². The van der Waals surface area contributed by atoms with Gasteiger partial charge in [-0.15, -0.1) is 0 Å². The zero-order valence-corrected chi connectivity index (χ0v) is 11.7. The first-order chi connectivity index (χ1) is 9.15. The second kappa shape index (κ2) is 6.23. The summed E-state index contributed by atoms with van der Waals surface area (Å²) in [6.07, 6.45) is 2.01. The second-order valence-electron chi connectivity index (χ2n) is 4.80. The molecule has 19 heavy (non-hydrogen) atoms. The molecule has 0 spiro atoms. The Morgan fingerprint density at radius 2 is 1.89 bits per heavy atom. The number of aromatic nitrogens is 1. The van der Waals surface area contributed by atoms with E-state index in [1.54, 1.807) is 6.20 Å². The zero-order chi connectivity index (χ0) is 13.7. The Morgan fingerprint density at radius 1 is 1.16 bits per heavy atom. The van der Waals surface area contributed by atoms with Crippen LogP contribution in [0.2, 0.25) is 0 Å². The molecule has 0 atom stereocenters. The number of anilines is 1. The minimum Gasteiger partial charge on any atom is -0.491 e. The summed E-state index contributed by atoms with van der Waals surface area (Å²) in [5, 5.41) is 3.39. The molecule has 100 valence electrons. The van der Waals surface area contributed by atoms with Gasteiger partial charge in [0.1, 0.15) is 5.75 Å². The van der Waals surface area contributed by atoms with E-state index >= 15 is 0 Å². The maximum atomic E-state index is 5.62. The molecule has 0 aliphatic rings. The van der Waals surface area contributed by atoms with Crippen LogP contribution in [0.15, 0.2) is 42.6 Å². The van der Waals surface area contributed by atoms with Crippen molar-refractivity contribution in [1.82, 2.24) is 4.98 Å². The SMILES string of the molecule is Cc1ncccc1NCc1ccc(OC(C)C)cc1. The van der Waals surface area contributed by atoms with Gasteiger partial charge in [-0.2, -0.15) is 0 Å². The molecule has 1 aromatic carbocycles. The number of benzene rings is 1. The van der Waals surface area contributed by atoms with Crippen LogP contribution in [0.4, 0.5) is 5.69 Å². The number of hydrogen-bond donors (Lipinski definition) is 1. The van der Waals surface area contributed by atoms with Gasteiger partial charge in [0, 0.05) is 12.7 Å². The number of pyridine rings is 1. The standard InChI is InChI=1S/C16H20N2O/c1-12(2)19-15-8-6-14(7-9-15)11-18-16-5-4-10-17-13(16)3/h4-10,12,18H,11H2,1-3H3. The highest BCUT2D eigenvalue weighted by atomic mass is 16.5. The molecule has 0 radical (unpaired) electrons. The highest BCUT2D eigenvalue weighted by molar-refractivity contribution is 5.47. The third-order valence-electron chi connectivity index (χ3n) is 2.79. The molecule has 0 bridgehead atoms. The van der Waals surface area contributed by atoms with E-state index in [4.69, 9.17) is 4.74 Å². The number of hydrogen-bond acceptors (Lipinski definition) is 3. The highest BCUT2D eigenvalue weighted by Gasteiger charge is 2.00. The van der Waals surface area contributed by atoms with E-state index in [9.17, 15) is 0 Å². The fraction of sp³-hybridized carbons (Fsp3) is 0.312. The molecule has 0 unspecified atom stereocenters. The minimum absolute atomic E-state index is 0.210. The lowest BCUT2D eigenvalue weighted by Gasteiger charge is -2.11. The highest BCUT2D eigenvalue weighted by Crippen LogP contribution is 2.16. The fourth-order valence-corrected chi connectivity index (χ4v) is 1.83. The van der Waals surface area contributed by atoms with Crippen LogP contribution in [0.1, 0.15) is 25.1 Å². The van der Waals surface area contributed by atoms with Crippen LogP contribution in [0.3, 0.4) is 0 Å². The van der Waals surface area contributed by atoms with Gasteiger partial charge in [0.2, 0.25) is 0 Å². The molecule has 0 saturated heterocycles. The van der Waals surface area contributed by atoms with Crippen molar-refractivity contribution in [2.75, 3.05) is 5.32 Å². The van der Waals surface area contributed by atoms with Gasteiger partial charge in [-0.25, -0.2) is 0 Å². The van der Waals surface area contributed by atoms with E-state index in [1.165, 1.54) is 5.56 Å². The molecular formula is C16H20N2O. The van der Waals surface area contributed by atoms with E-state index in [1.807, 2.05) is 45.0 Å². The largest absolute Gasteiger partial charge is 0.491 e. The Balaban J connectivity index is 1.95. The first-order valence-corrected chi connectivity index (χ1v) is 6.56. The third-order valence-corrected chi connectivity index (χ3v) is 2.79. The average Bonchev–Trinajstić information content (AvgIpc) is 2.39. The summed E-state index contributed by atoms with van der Waals surface area (Å²) in [7, 11) is 0. The van der Waals surface area contributed by atoms with Crippen LogP contribution in [-0.2, 0) is 6.54 Å². The first-order valence-electron chi connectivity index (χ1n) is 6.56. The Bertz CT molecular complexity index is 521. The lowest BCUT2D eigenvalue weighted by atomic mass is 10.2. The van der Waals surface area contributed by atoms with Gasteiger partial charge < -0.3 is 10.1 Å². The van der Waals surface area contributed by atoms with E-state index in [-0.39, 0.29) is 6.10 Å². The van der Waals surface area contributed by atoms with Gasteiger partial charge in [-0.3, -0.25) is 4.98 Å². The van der Waals surface area contributed by atoms with Crippen molar-refractivity contribution < 1.29 is 4.74 Å². The van der Waals surface area contributed by atoms with Gasteiger partial charge >= 0.3 is 0 Å². The molecule has 0 fully saturated rings. The van der Waals surface area contributed by atoms with Gasteiger partial charge in [0.25, 0.3) is 0 Å². The van der Waals surface area contributed by atoms with Crippen LogP contribution in [0.25, 0.3) is 0 Å². The summed E-state index contributed by atoms with van der Waals surface area (Å²) in [6.45, 7) is 6.84. The molecule has 3 nitrogen and oxygen atoms in total. The normalized spacial score (nSPS) is 10.5. The number of aryl methyl sites for hydroxylation is 1. The summed E-state index contributed by atoms with van der Waals surface area (Å²) in [5.41, 5.74) is 3.31. The fourth-order valence-electron chi connectivity index (χ4n) is 1.83. The van der Waals surface area contributed by atoms with Crippen molar-refractivity contribution in [2.24, 2.45) is 0 Å². The Hall–Kier alpha value is -2.03. The summed E-state index contributed by atoms with van der Waals surface area (Å²) < 4.78 is 5.62. The van der Waals surface area contributed by atoms with E-state index in [0.717, 1.165) is 23.7 Å². The van der Waals surface area contributed by atoms with Crippen molar-refractivity contribution in [3.63, 3.8) is 0 Å². The quantitative estimate of drug-likeness (QED) is 0.883. The summed E-state index contributed by atoms with van der Waals surface area (Å²) in [6, 6.07) is 12.2. The number of ether oxygens (including phenoxy) is 1. The third kappa shape index (κ3) is 3.98. The molecule has 2 aromatic rings. The Labute approximate surface area is 114 Å². The topological polar surface area (TPSA) is 34.2 Å². The van der Waals surface area contributed by atoms with Gasteiger partial charge in [0.05, 0.1) is 17.5 Å². The number of rotatable bonds is 5. The van der Waals surface area contributed by atoms with Crippen molar-refractivity contribution >= 4 is 5.69 Å². The molecule has 0 amide bonds. The van der Waals surface area contributed by atoms with E-state index < -0.39 is 0 Å². The van der Waals surface area contributed by atoms with Crippen molar-refractivity contribution in [1.29, 1.82) is 0 Å².